The first-order valence-corrected chi connectivity index (χ1v) is 6.61. The van der Waals surface area contributed by atoms with E-state index in [0.29, 0.717) is 6.04 Å². The highest BCUT2D eigenvalue weighted by Crippen LogP contribution is 2.28. The quantitative estimate of drug-likeness (QED) is 0.850. The molecule has 2 unspecified atom stereocenters. The van der Waals surface area contributed by atoms with E-state index < -0.39 is 0 Å². The van der Waals surface area contributed by atoms with Crippen molar-refractivity contribution in [3.8, 4) is 0 Å². The van der Waals surface area contributed by atoms with E-state index in [4.69, 9.17) is 0 Å². The fraction of sp³-hybridized carbons (Fsp3) is 0.769. The SMILES string of the molecule is CCCC1CCCCC1NCc1ncc[nH]1.Cl. The predicted octanol–water partition coefficient (Wildman–Crippen LogP) is 3.28. The van der Waals surface area contributed by atoms with E-state index >= 15 is 0 Å². The highest BCUT2D eigenvalue weighted by molar-refractivity contribution is 5.85. The molecular formula is C13H24ClN3. The van der Waals surface area contributed by atoms with Crippen LogP contribution in [0, 0.1) is 5.92 Å². The van der Waals surface area contributed by atoms with Crippen LogP contribution in [0.3, 0.4) is 0 Å². The average Bonchev–Trinajstić information content (AvgIpc) is 2.81. The summed E-state index contributed by atoms with van der Waals surface area (Å²) in [6, 6.07) is 0.707. The third kappa shape index (κ3) is 4.32. The maximum Gasteiger partial charge on any atom is 0.120 e. The largest absolute Gasteiger partial charge is 0.348 e. The van der Waals surface area contributed by atoms with E-state index in [2.05, 4.69) is 22.2 Å². The molecule has 0 aliphatic heterocycles. The van der Waals surface area contributed by atoms with E-state index in [0.717, 1.165) is 18.3 Å². The van der Waals surface area contributed by atoms with Gasteiger partial charge in [-0.15, -0.1) is 12.4 Å². The second kappa shape index (κ2) is 7.72. The first-order chi connectivity index (χ1) is 7.90. The van der Waals surface area contributed by atoms with Gasteiger partial charge in [-0.2, -0.15) is 0 Å². The number of hydrogen-bond acceptors (Lipinski definition) is 2. The lowest BCUT2D eigenvalue weighted by atomic mass is 9.82. The number of aromatic nitrogens is 2. The van der Waals surface area contributed by atoms with Crippen LogP contribution in [0.5, 0.6) is 0 Å². The molecule has 2 N–H and O–H groups in total. The number of rotatable bonds is 5. The lowest BCUT2D eigenvalue weighted by Crippen LogP contribution is -2.38. The molecule has 1 aliphatic carbocycles. The number of H-pyrrole nitrogens is 1. The maximum atomic E-state index is 4.25. The number of nitrogens with one attached hydrogen (secondary N) is 2. The highest BCUT2D eigenvalue weighted by atomic mass is 35.5. The Kier molecular flexibility index (Phi) is 6.60. The van der Waals surface area contributed by atoms with E-state index in [1.165, 1.54) is 38.5 Å². The van der Waals surface area contributed by atoms with Gasteiger partial charge in [-0.1, -0.05) is 26.2 Å². The van der Waals surface area contributed by atoms with Crippen LogP contribution < -0.4 is 5.32 Å². The zero-order valence-electron chi connectivity index (χ0n) is 10.6. The molecule has 2 rings (SSSR count). The average molecular weight is 258 g/mol. The Morgan fingerprint density at radius 1 is 1.41 bits per heavy atom. The Morgan fingerprint density at radius 3 is 2.94 bits per heavy atom. The Balaban J connectivity index is 0.00000144. The molecule has 0 amide bonds. The van der Waals surface area contributed by atoms with Gasteiger partial charge in [0.1, 0.15) is 5.82 Å². The molecular weight excluding hydrogens is 234 g/mol. The minimum absolute atomic E-state index is 0. The molecule has 1 saturated carbocycles. The summed E-state index contributed by atoms with van der Waals surface area (Å²) in [7, 11) is 0. The molecule has 98 valence electrons. The zero-order chi connectivity index (χ0) is 11.2. The Morgan fingerprint density at radius 2 is 2.24 bits per heavy atom. The van der Waals surface area contributed by atoms with Crippen molar-refractivity contribution in [3.63, 3.8) is 0 Å². The standard InChI is InChI=1S/C13H23N3.ClH/c1-2-5-11-6-3-4-7-12(11)16-10-13-14-8-9-15-13;/h8-9,11-12,16H,2-7,10H2,1H3,(H,14,15);1H. The molecule has 4 heteroatoms. The number of aromatic amines is 1. The smallest absolute Gasteiger partial charge is 0.120 e. The topological polar surface area (TPSA) is 40.7 Å². The highest BCUT2D eigenvalue weighted by Gasteiger charge is 2.23. The van der Waals surface area contributed by atoms with Gasteiger partial charge in [0.05, 0.1) is 6.54 Å². The van der Waals surface area contributed by atoms with Gasteiger partial charge in [-0.05, 0) is 25.2 Å². The molecule has 17 heavy (non-hydrogen) atoms. The van der Waals surface area contributed by atoms with Gasteiger partial charge < -0.3 is 10.3 Å². The second-order valence-corrected chi connectivity index (χ2v) is 4.86. The van der Waals surface area contributed by atoms with Gasteiger partial charge in [0, 0.05) is 18.4 Å². The van der Waals surface area contributed by atoms with Crippen molar-refractivity contribution in [3.05, 3.63) is 18.2 Å². The summed E-state index contributed by atoms with van der Waals surface area (Å²) in [5.74, 6) is 1.94. The fourth-order valence-electron chi connectivity index (χ4n) is 2.82. The molecule has 0 radical (unpaired) electrons. The zero-order valence-corrected chi connectivity index (χ0v) is 11.4. The van der Waals surface area contributed by atoms with Gasteiger partial charge in [0.25, 0.3) is 0 Å². The summed E-state index contributed by atoms with van der Waals surface area (Å²) in [6.45, 7) is 3.18. The number of halogens is 1. The molecule has 1 heterocycles. The summed E-state index contributed by atoms with van der Waals surface area (Å²) >= 11 is 0. The third-order valence-electron chi connectivity index (χ3n) is 3.66. The number of imidazole rings is 1. The Hall–Kier alpha value is -0.540. The molecule has 1 fully saturated rings. The second-order valence-electron chi connectivity index (χ2n) is 4.86. The van der Waals surface area contributed by atoms with Crippen LogP contribution in [0.1, 0.15) is 51.3 Å². The molecule has 1 aromatic heterocycles. The predicted molar refractivity (Wildman–Crippen MR) is 73.3 cm³/mol. The van der Waals surface area contributed by atoms with Gasteiger partial charge in [-0.3, -0.25) is 0 Å². The normalized spacial score (nSPS) is 24.3. The van der Waals surface area contributed by atoms with Crippen LogP contribution in [0.15, 0.2) is 12.4 Å². The van der Waals surface area contributed by atoms with Crippen LogP contribution in [-0.4, -0.2) is 16.0 Å². The van der Waals surface area contributed by atoms with Crippen LogP contribution in [0.4, 0.5) is 0 Å². The first kappa shape index (κ1) is 14.5. The van der Waals surface area contributed by atoms with Crippen molar-refractivity contribution in [2.24, 2.45) is 5.92 Å². The number of hydrogen-bond donors (Lipinski definition) is 2. The Bertz CT molecular complexity index is 285. The number of nitrogens with zero attached hydrogens (tertiary/aromatic N) is 1. The molecule has 0 bridgehead atoms. The van der Waals surface area contributed by atoms with Crippen molar-refractivity contribution < 1.29 is 0 Å². The van der Waals surface area contributed by atoms with E-state index in [-0.39, 0.29) is 12.4 Å². The van der Waals surface area contributed by atoms with Crippen LogP contribution in [0.2, 0.25) is 0 Å². The molecule has 1 aliphatic rings. The van der Waals surface area contributed by atoms with Crippen LogP contribution >= 0.6 is 12.4 Å². The Labute approximate surface area is 110 Å². The van der Waals surface area contributed by atoms with Gasteiger partial charge >= 0.3 is 0 Å². The lowest BCUT2D eigenvalue weighted by Gasteiger charge is -2.32. The van der Waals surface area contributed by atoms with E-state index in [1.807, 2.05) is 12.4 Å². The van der Waals surface area contributed by atoms with E-state index in [1.54, 1.807) is 0 Å². The van der Waals surface area contributed by atoms with Gasteiger partial charge in [0.15, 0.2) is 0 Å². The molecule has 0 saturated heterocycles. The first-order valence-electron chi connectivity index (χ1n) is 6.61. The summed E-state index contributed by atoms with van der Waals surface area (Å²) in [6.07, 6.45) is 11.9. The molecule has 1 aromatic rings. The summed E-state index contributed by atoms with van der Waals surface area (Å²) in [4.78, 5) is 7.40. The van der Waals surface area contributed by atoms with Crippen molar-refractivity contribution >= 4 is 12.4 Å². The fourth-order valence-corrected chi connectivity index (χ4v) is 2.82. The minimum atomic E-state index is 0. The van der Waals surface area contributed by atoms with E-state index in [9.17, 15) is 0 Å². The summed E-state index contributed by atoms with van der Waals surface area (Å²) in [5, 5.41) is 3.67. The van der Waals surface area contributed by atoms with Crippen molar-refractivity contribution in [2.45, 2.75) is 58.0 Å². The van der Waals surface area contributed by atoms with Gasteiger partial charge in [-0.25, -0.2) is 4.98 Å². The minimum Gasteiger partial charge on any atom is -0.348 e. The van der Waals surface area contributed by atoms with Gasteiger partial charge in [0.2, 0.25) is 0 Å². The van der Waals surface area contributed by atoms with Crippen molar-refractivity contribution in [1.29, 1.82) is 0 Å². The molecule has 2 atom stereocenters. The lowest BCUT2D eigenvalue weighted by molar-refractivity contribution is 0.245. The van der Waals surface area contributed by atoms with Crippen LogP contribution in [-0.2, 0) is 6.54 Å². The monoisotopic (exact) mass is 257 g/mol. The summed E-state index contributed by atoms with van der Waals surface area (Å²) < 4.78 is 0. The van der Waals surface area contributed by atoms with Crippen molar-refractivity contribution in [1.82, 2.24) is 15.3 Å². The summed E-state index contributed by atoms with van der Waals surface area (Å²) in [5.41, 5.74) is 0. The van der Waals surface area contributed by atoms with Crippen LogP contribution in [0.25, 0.3) is 0 Å². The van der Waals surface area contributed by atoms with Crippen molar-refractivity contribution in [2.75, 3.05) is 0 Å². The third-order valence-corrected chi connectivity index (χ3v) is 3.66. The maximum absolute atomic E-state index is 4.25. The molecule has 3 nitrogen and oxygen atoms in total. The molecule has 0 aromatic carbocycles. The molecule has 0 spiro atoms.